The zero-order chi connectivity index (χ0) is 16.8. The second-order valence-electron chi connectivity index (χ2n) is 6.39. The molecule has 3 N–H and O–H groups in total. The predicted molar refractivity (Wildman–Crippen MR) is 92.1 cm³/mol. The number of carboxylic acids is 1. The molecular weight excluding hydrogens is 304 g/mol. The van der Waals surface area contributed by atoms with Crippen LogP contribution in [-0.4, -0.2) is 22.0 Å². The third-order valence-corrected chi connectivity index (χ3v) is 4.89. The van der Waals surface area contributed by atoms with Crippen LogP contribution in [0.2, 0.25) is 0 Å². The number of hydrogen-bond donors (Lipinski definition) is 3. The largest absolute Gasteiger partial charge is 0.477 e. The van der Waals surface area contributed by atoms with Crippen LogP contribution in [0.3, 0.4) is 0 Å². The topological polar surface area (TPSA) is 82.2 Å². The van der Waals surface area contributed by atoms with E-state index in [0.717, 1.165) is 59.3 Å². The number of aryl methyl sites for hydroxylation is 1. The van der Waals surface area contributed by atoms with Gasteiger partial charge in [0.15, 0.2) is 0 Å². The third-order valence-electron chi connectivity index (χ3n) is 4.89. The Labute approximate surface area is 139 Å². The molecule has 0 saturated carbocycles. The Kier molecular flexibility index (Phi) is 3.30. The van der Waals surface area contributed by atoms with Crippen LogP contribution >= 0.6 is 0 Å². The zero-order valence-corrected chi connectivity index (χ0v) is 13.4. The minimum Gasteiger partial charge on any atom is -0.477 e. The molecule has 0 atom stereocenters. The van der Waals surface area contributed by atoms with Gasteiger partial charge < -0.3 is 15.4 Å². The summed E-state index contributed by atoms with van der Waals surface area (Å²) < 4.78 is 0. The number of anilines is 1. The van der Waals surface area contributed by atoms with E-state index in [4.69, 9.17) is 0 Å². The summed E-state index contributed by atoms with van der Waals surface area (Å²) in [7, 11) is 0. The van der Waals surface area contributed by atoms with Crippen LogP contribution in [-0.2, 0) is 17.6 Å². The van der Waals surface area contributed by atoms with E-state index in [1.54, 1.807) is 0 Å². The van der Waals surface area contributed by atoms with E-state index in [2.05, 4.69) is 10.3 Å². The van der Waals surface area contributed by atoms with E-state index in [0.29, 0.717) is 5.57 Å². The molecule has 24 heavy (non-hydrogen) atoms. The molecule has 1 aliphatic carbocycles. The molecule has 0 saturated heterocycles. The maximum absolute atomic E-state index is 12.4. The summed E-state index contributed by atoms with van der Waals surface area (Å²) >= 11 is 0. The number of benzene rings is 1. The van der Waals surface area contributed by atoms with E-state index in [1.807, 2.05) is 31.2 Å². The van der Waals surface area contributed by atoms with E-state index in [1.165, 1.54) is 0 Å². The van der Waals surface area contributed by atoms with E-state index < -0.39 is 5.97 Å². The summed E-state index contributed by atoms with van der Waals surface area (Å²) in [6.07, 6.45) is 5.48. The molecule has 5 nitrogen and oxygen atoms in total. The SMILES string of the molecule is Cc1cccc2c1/C(=C/c1[nH]c(C(=O)O)c3c1CCCC3)C(=O)N2. The van der Waals surface area contributed by atoms with Gasteiger partial charge in [-0.25, -0.2) is 4.79 Å². The molecule has 0 bridgehead atoms. The minimum absolute atomic E-state index is 0.143. The van der Waals surface area contributed by atoms with Gasteiger partial charge in [-0.1, -0.05) is 12.1 Å². The van der Waals surface area contributed by atoms with Crippen LogP contribution in [0, 0.1) is 6.92 Å². The van der Waals surface area contributed by atoms with Gasteiger partial charge in [0.05, 0.1) is 5.57 Å². The number of aromatic carboxylic acids is 1. The number of carbonyl (C=O) groups is 2. The molecule has 1 aliphatic heterocycles. The standard InChI is InChI=1S/C19H18N2O3/c1-10-5-4-8-14-16(10)13(18(22)21-14)9-15-11-6-2-3-7-12(11)17(20-15)19(23)24/h4-5,8-9,20H,2-3,6-7H2,1H3,(H,21,22)(H,23,24)/b13-9-. The van der Waals surface area contributed by atoms with Gasteiger partial charge in [-0.3, -0.25) is 4.79 Å². The molecule has 2 heterocycles. The molecule has 0 unspecified atom stereocenters. The highest BCUT2D eigenvalue weighted by molar-refractivity contribution is 6.35. The fourth-order valence-corrected chi connectivity index (χ4v) is 3.78. The van der Waals surface area contributed by atoms with Crippen molar-refractivity contribution in [3.05, 3.63) is 51.8 Å². The molecule has 0 radical (unpaired) electrons. The Balaban J connectivity index is 1.89. The van der Waals surface area contributed by atoms with Gasteiger partial charge in [-0.05, 0) is 61.4 Å². The van der Waals surface area contributed by atoms with Crippen molar-refractivity contribution in [2.45, 2.75) is 32.6 Å². The van der Waals surface area contributed by atoms with Crippen molar-refractivity contribution in [2.24, 2.45) is 0 Å². The van der Waals surface area contributed by atoms with Gasteiger partial charge in [-0.15, -0.1) is 0 Å². The van der Waals surface area contributed by atoms with Gasteiger partial charge in [-0.2, -0.15) is 0 Å². The van der Waals surface area contributed by atoms with Crippen LogP contribution in [0.1, 0.15) is 51.3 Å². The number of carbonyl (C=O) groups excluding carboxylic acids is 1. The second kappa shape index (κ2) is 5.37. The van der Waals surface area contributed by atoms with Crippen LogP contribution in [0.4, 0.5) is 5.69 Å². The second-order valence-corrected chi connectivity index (χ2v) is 6.39. The van der Waals surface area contributed by atoms with Crippen molar-refractivity contribution >= 4 is 29.2 Å². The van der Waals surface area contributed by atoms with Crippen molar-refractivity contribution in [3.63, 3.8) is 0 Å². The van der Waals surface area contributed by atoms with Crippen molar-refractivity contribution in [2.75, 3.05) is 5.32 Å². The Morgan fingerprint density at radius 3 is 2.71 bits per heavy atom. The first-order chi connectivity index (χ1) is 11.6. The summed E-state index contributed by atoms with van der Waals surface area (Å²) in [4.78, 5) is 26.9. The number of H-pyrrole nitrogens is 1. The van der Waals surface area contributed by atoms with Gasteiger partial charge in [0.2, 0.25) is 0 Å². The highest BCUT2D eigenvalue weighted by atomic mass is 16.4. The summed E-state index contributed by atoms with van der Waals surface area (Å²) in [5.41, 5.74) is 6.28. The van der Waals surface area contributed by atoms with Gasteiger partial charge in [0.25, 0.3) is 5.91 Å². The molecule has 1 aromatic heterocycles. The molecule has 5 heteroatoms. The summed E-state index contributed by atoms with van der Waals surface area (Å²) in [5.74, 6) is -1.08. The predicted octanol–water partition coefficient (Wildman–Crippen LogP) is 3.39. The molecule has 0 fully saturated rings. The number of aromatic amines is 1. The quantitative estimate of drug-likeness (QED) is 0.741. The number of nitrogens with one attached hydrogen (secondary N) is 2. The summed E-state index contributed by atoms with van der Waals surface area (Å²) in [5, 5.41) is 12.3. The monoisotopic (exact) mass is 322 g/mol. The molecule has 122 valence electrons. The number of fused-ring (bicyclic) bond motifs is 2. The lowest BCUT2D eigenvalue weighted by Crippen LogP contribution is -2.06. The summed E-state index contributed by atoms with van der Waals surface area (Å²) in [6.45, 7) is 1.97. The van der Waals surface area contributed by atoms with Crippen LogP contribution in [0.15, 0.2) is 18.2 Å². The Morgan fingerprint density at radius 2 is 1.96 bits per heavy atom. The van der Waals surface area contributed by atoms with Crippen LogP contribution < -0.4 is 5.32 Å². The lowest BCUT2D eigenvalue weighted by Gasteiger charge is -2.12. The fraction of sp³-hybridized carbons (Fsp3) is 0.263. The Hall–Kier alpha value is -2.82. The van der Waals surface area contributed by atoms with Crippen molar-refractivity contribution in [1.82, 2.24) is 4.98 Å². The highest BCUT2D eigenvalue weighted by Crippen LogP contribution is 2.37. The first-order valence-corrected chi connectivity index (χ1v) is 8.16. The van der Waals surface area contributed by atoms with Gasteiger partial charge in [0.1, 0.15) is 5.69 Å². The smallest absolute Gasteiger partial charge is 0.352 e. The lowest BCUT2D eigenvalue weighted by molar-refractivity contribution is -0.110. The number of hydrogen-bond acceptors (Lipinski definition) is 2. The lowest BCUT2D eigenvalue weighted by atomic mass is 9.91. The first kappa shape index (κ1) is 14.8. The molecule has 4 rings (SSSR count). The van der Waals surface area contributed by atoms with Crippen LogP contribution in [0.5, 0.6) is 0 Å². The van der Waals surface area contributed by atoms with Crippen molar-refractivity contribution < 1.29 is 14.7 Å². The Morgan fingerprint density at radius 1 is 1.21 bits per heavy atom. The maximum atomic E-state index is 12.4. The molecule has 2 aromatic rings. The summed E-state index contributed by atoms with van der Waals surface area (Å²) in [6, 6.07) is 5.77. The number of carboxylic acid groups (broad SMARTS) is 1. The molecule has 2 aliphatic rings. The van der Waals surface area contributed by atoms with Gasteiger partial charge in [0, 0.05) is 16.9 Å². The molecule has 1 aromatic carbocycles. The number of aromatic nitrogens is 1. The average molecular weight is 322 g/mol. The fourth-order valence-electron chi connectivity index (χ4n) is 3.78. The van der Waals surface area contributed by atoms with Crippen LogP contribution in [0.25, 0.3) is 11.6 Å². The first-order valence-electron chi connectivity index (χ1n) is 8.16. The average Bonchev–Trinajstić information content (AvgIpc) is 3.08. The minimum atomic E-state index is -0.940. The van der Waals surface area contributed by atoms with Crippen molar-refractivity contribution in [1.29, 1.82) is 0 Å². The number of rotatable bonds is 2. The molecular formula is C19H18N2O3. The molecule has 0 spiro atoms. The maximum Gasteiger partial charge on any atom is 0.352 e. The number of amides is 1. The van der Waals surface area contributed by atoms with E-state index in [9.17, 15) is 14.7 Å². The van der Waals surface area contributed by atoms with E-state index >= 15 is 0 Å². The van der Waals surface area contributed by atoms with Gasteiger partial charge >= 0.3 is 5.97 Å². The van der Waals surface area contributed by atoms with E-state index in [-0.39, 0.29) is 11.6 Å². The molecule has 1 amide bonds. The van der Waals surface area contributed by atoms with Crippen molar-refractivity contribution in [3.8, 4) is 0 Å². The normalized spacial score (nSPS) is 17.5. The third kappa shape index (κ3) is 2.16. The Bertz CT molecular complexity index is 906. The zero-order valence-electron chi connectivity index (χ0n) is 13.4. The highest BCUT2D eigenvalue weighted by Gasteiger charge is 2.28.